The Hall–Kier alpha value is -1.98. The fraction of sp³-hybridized carbons (Fsp3) is 0.480. The number of amidine groups is 1. The molecule has 0 unspecified atom stereocenters. The molecule has 1 fully saturated rings. The Kier molecular flexibility index (Phi) is 10.3. The summed E-state index contributed by atoms with van der Waals surface area (Å²) >= 11 is 1.78. The van der Waals surface area contributed by atoms with Crippen molar-refractivity contribution in [2.75, 3.05) is 78.9 Å². The van der Waals surface area contributed by atoms with Crippen molar-refractivity contribution >= 4 is 23.3 Å². The lowest BCUT2D eigenvalue weighted by molar-refractivity contribution is -0.932. The second-order valence-electron chi connectivity index (χ2n) is 8.40. The van der Waals surface area contributed by atoms with Gasteiger partial charge in [0.25, 0.3) is 0 Å². The first-order chi connectivity index (χ1) is 16.2. The number of aliphatic hydroxyl groups excluding tert-OH is 2. The maximum Gasteiger partial charge on any atom is 0.138 e. The summed E-state index contributed by atoms with van der Waals surface area (Å²) in [5.41, 5.74) is 2.21. The molecule has 0 spiro atoms. The molecular weight excluding hydrogens is 454 g/mol. The van der Waals surface area contributed by atoms with Crippen LogP contribution in [0.1, 0.15) is 5.56 Å². The number of quaternary nitrogens is 1. The molecule has 0 amide bonds. The minimum atomic E-state index is 0. The highest BCUT2D eigenvalue weighted by Gasteiger charge is 2.35. The van der Waals surface area contributed by atoms with Crippen molar-refractivity contribution in [1.29, 1.82) is 0 Å². The zero-order valence-corrected chi connectivity index (χ0v) is 20.3. The van der Waals surface area contributed by atoms with Crippen LogP contribution in [0.3, 0.4) is 0 Å². The molecule has 0 radical (unpaired) electrons. The van der Waals surface area contributed by atoms with Gasteiger partial charge in [-0.1, -0.05) is 42.1 Å². The van der Waals surface area contributed by atoms with E-state index in [1.807, 2.05) is 6.07 Å². The number of rotatable bonds is 10. The molecular formula is C25H35N3O5S. The number of benzene rings is 2. The first-order valence-electron chi connectivity index (χ1n) is 11.7. The van der Waals surface area contributed by atoms with Crippen LogP contribution < -0.4 is 0 Å². The number of piperazine rings is 1. The highest BCUT2D eigenvalue weighted by Crippen LogP contribution is 2.40. The van der Waals surface area contributed by atoms with Crippen LogP contribution in [-0.2, 0) is 9.47 Å². The molecule has 0 atom stereocenters. The van der Waals surface area contributed by atoms with Crippen LogP contribution in [0, 0.1) is 0 Å². The van der Waals surface area contributed by atoms with Crippen molar-refractivity contribution in [3.63, 3.8) is 0 Å². The van der Waals surface area contributed by atoms with Gasteiger partial charge in [0.15, 0.2) is 0 Å². The monoisotopic (exact) mass is 489 g/mol. The van der Waals surface area contributed by atoms with Crippen molar-refractivity contribution in [2.45, 2.75) is 9.79 Å². The molecule has 8 nitrogen and oxygen atoms in total. The summed E-state index contributed by atoms with van der Waals surface area (Å²) < 4.78 is 12.1. The summed E-state index contributed by atoms with van der Waals surface area (Å²) in [5.74, 6) is 1.05. The summed E-state index contributed by atoms with van der Waals surface area (Å²) in [4.78, 5) is 9.98. The molecule has 2 aromatic carbocycles. The van der Waals surface area contributed by atoms with Gasteiger partial charge >= 0.3 is 0 Å². The van der Waals surface area contributed by atoms with Gasteiger partial charge in [-0.2, -0.15) is 0 Å². The summed E-state index contributed by atoms with van der Waals surface area (Å²) in [5, 5.41) is 18.0. The summed E-state index contributed by atoms with van der Waals surface area (Å²) in [7, 11) is 0. The third-order valence-corrected chi connectivity index (χ3v) is 7.46. The zero-order valence-electron chi connectivity index (χ0n) is 19.5. The summed E-state index contributed by atoms with van der Waals surface area (Å²) in [6.07, 6.45) is 0. The van der Waals surface area contributed by atoms with E-state index in [0.717, 1.165) is 55.3 Å². The lowest BCUT2D eigenvalue weighted by Gasteiger charge is -2.45. The average Bonchev–Trinajstić information content (AvgIpc) is 3.02. The number of ether oxygens (including phenoxy) is 2. The van der Waals surface area contributed by atoms with Gasteiger partial charge in [-0.3, -0.25) is 0 Å². The quantitative estimate of drug-likeness (QED) is 0.389. The largest absolute Gasteiger partial charge is 0.870 e. The predicted octanol–water partition coefficient (Wildman–Crippen LogP) is 2.20. The molecule has 0 aromatic heterocycles. The fourth-order valence-electron chi connectivity index (χ4n) is 4.42. The van der Waals surface area contributed by atoms with E-state index in [2.05, 4.69) is 47.4 Å². The fourth-order valence-corrected chi connectivity index (χ4v) is 5.44. The highest BCUT2D eigenvalue weighted by atomic mass is 32.2. The molecule has 0 aliphatic carbocycles. The van der Waals surface area contributed by atoms with Crippen molar-refractivity contribution in [3.8, 4) is 0 Å². The van der Waals surface area contributed by atoms with Crippen LogP contribution in [0.5, 0.6) is 0 Å². The number of para-hydroxylation sites is 1. The highest BCUT2D eigenvalue weighted by molar-refractivity contribution is 7.99. The van der Waals surface area contributed by atoms with Gasteiger partial charge in [-0.25, -0.2) is 4.99 Å². The SMILES string of the molecule is OCCOCC[N+]1(CCOCCO)CCN(C2=Nc3ccccc3Sc3ccccc32)CC1.[OH-]. The van der Waals surface area contributed by atoms with Gasteiger partial charge in [-0.15, -0.1) is 0 Å². The molecule has 3 N–H and O–H groups in total. The smallest absolute Gasteiger partial charge is 0.138 e. The Morgan fingerprint density at radius 1 is 0.824 bits per heavy atom. The zero-order chi connectivity index (χ0) is 22.9. The summed E-state index contributed by atoms with van der Waals surface area (Å²) in [6.45, 7) is 7.61. The molecule has 2 aliphatic rings. The van der Waals surface area contributed by atoms with Gasteiger partial charge in [0.2, 0.25) is 0 Å². The van der Waals surface area contributed by atoms with Crippen molar-refractivity contribution < 1.29 is 29.6 Å². The summed E-state index contributed by atoms with van der Waals surface area (Å²) in [6, 6.07) is 16.9. The van der Waals surface area contributed by atoms with Crippen molar-refractivity contribution in [1.82, 2.24) is 4.90 Å². The molecule has 34 heavy (non-hydrogen) atoms. The van der Waals surface area contributed by atoms with E-state index in [9.17, 15) is 0 Å². The van der Waals surface area contributed by atoms with Crippen LogP contribution in [0.2, 0.25) is 0 Å². The third kappa shape index (κ3) is 6.57. The van der Waals surface area contributed by atoms with Gasteiger partial charge in [0.05, 0.1) is 71.5 Å². The molecule has 9 heteroatoms. The second-order valence-corrected chi connectivity index (χ2v) is 9.48. The van der Waals surface area contributed by atoms with E-state index in [1.54, 1.807) is 11.8 Å². The molecule has 2 aromatic rings. The van der Waals surface area contributed by atoms with E-state index in [4.69, 9.17) is 24.7 Å². The van der Waals surface area contributed by atoms with Crippen LogP contribution >= 0.6 is 11.8 Å². The van der Waals surface area contributed by atoms with Crippen molar-refractivity contribution in [3.05, 3.63) is 54.1 Å². The number of aliphatic hydroxyl groups is 2. The minimum Gasteiger partial charge on any atom is -0.870 e. The lowest BCUT2D eigenvalue weighted by atomic mass is 10.1. The normalized spacial score (nSPS) is 16.6. The van der Waals surface area contributed by atoms with Crippen LogP contribution in [0.4, 0.5) is 5.69 Å². The van der Waals surface area contributed by atoms with Gasteiger partial charge in [0.1, 0.15) is 18.9 Å². The number of nitrogens with zero attached hydrogens (tertiary/aromatic N) is 3. The van der Waals surface area contributed by atoms with E-state index < -0.39 is 0 Å². The Labute approximate surface area is 205 Å². The second kappa shape index (κ2) is 13.2. The maximum absolute atomic E-state index is 9.02. The average molecular weight is 490 g/mol. The van der Waals surface area contributed by atoms with Gasteiger partial charge in [-0.05, 0) is 18.2 Å². The first kappa shape index (κ1) is 26.6. The predicted molar refractivity (Wildman–Crippen MR) is 132 cm³/mol. The lowest BCUT2D eigenvalue weighted by Crippen LogP contribution is -2.62. The third-order valence-electron chi connectivity index (χ3n) is 6.32. The van der Waals surface area contributed by atoms with E-state index in [0.29, 0.717) is 26.4 Å². The topological polar surface area (TPSA) is 105 Å². The van der Waals surface area contributed by atoms with E-state index in [1.165, 1.54) is 15.4 Å². The van der Waals surface area contributed by atoms with Gasteiger partial charge < -0.3 is 34.5 Å². The Bertz CT molecular complexity index is 920. The van der Waals surface area contributed by atoms with Crippen molar-refractivity contribution in [2.24, 2.45) is 4.99 Å². The molecule has 0 bridgehead atoms. The van der Waals surface area contributed by atoms with Crippen LogP contribution in [0.15, 0.2) is 63.3 Å². The Morgan fingerprint density at radius 3 is 2.06 bits per heavy atom. The van der Waals surface area contributed by atoms with E-state index in [-0.39, 0.29) is 18.7 Å². The molecule has 1 saturated heterocycles. The first-order valence-corrected chi connectivity index (χ1v) is 12.5. The van der Waals surface area contributed by atoms with E-state index >= 15 is 0 Å². The molecule has 186 valence electrons. The van der Waals surface area contributed by atoms with Crippen LogP contribution in [-0.4, -0.2) is 110 Å². The molecule has 4 rings (SSSR count). The Morgan fingerprint density at radius 2 is 1.41 bits per heavy atom. The van der Waals surface area contributed by atoms with Gasteiger partial charge in [0, 0.05) is 15.4 Å². The number of fused-ring (bicyclic) bond motifs is 2. The number of hydrogen-bond donors (Lipinski definition) is 2. The minimum absolute atomic E-state index is 0. The Balaban J connectivity index is 0.00000324. The maximum atomic E-state index is 9.02. The number of aliphatic imine (C=N–C) groups is 1. The number of hydrogen-bond acceptors (Lipinski definition) is 8. The molecule has 2 heterocycles. The molecule has 0 saturated carbocycles. The molecule has 2 aliphatic heterocycles. The van der Waals surface area contributed by atoms with Crippen LogP contribution in [0.25, 0.3) is 0 Å². The standard InChI is InChI=1S/C25H34N3O4S.H2O/c29-15-19-31-17-13-28(14-18-32-20-16-30)11-9-27(10-12-28)25-21-5-1-3-7-23(21)33-24-8-4-2-6-22(24)26-25;/h1-8,29-30H,9-20H2;1H2/q+1;/p-1.